The summed E-state index contributed by atoms with van der Waals surface area (Å²) < 4.78 is 10.1. The van der Waals surface area contributed by atoms with Gasteiger partial charge >= 0.3 is 12.1 Å². The highest BCUT2D eigenvalue weighted by Crippen LogP contribution is 2.16. The van der Waals surface area contributed by atoms with Crippen molar-refractivity contribution in [3.8, 4) is 0 Å². The molecule has 1 amide bonds. The Morgan fingerprint density at radius 2 is 2.00 bits per heavy atom. The lowest BCUT2D eigenvalue weighted by molar-refractivity contribution is -0.142. The zero-order valence-electron chi connectivity index (χ0n) is 14.9. The van der Waals surface area contributed by atoms with Crippen molar-refractivity contribution in [2.24, 2.45) is 5.73 Å². The summed E-state index contributed by atoms with van der Waals surface area (Å²) in [5, 5.41) is 2.69. The first-order chi connectivity index (χ1) is 11.2. The van der Waals surface area contributed by atoms with Gasteiger partial charge in [-0.15, -0.1) is 0 Å². The minimum absolute atomic E-state index is 0.227. The average molecular weight is 336 g/mol. The lowest BCUT2D eigenvalue weighted by atomic mass is 10.0. The predicted molar refractivity (Wildman–Crippen MR) is 92.6 cm³/mol. The van der Waals surface area contributed by atoms with Crippen molar-refractivity contribution in [1.82, 2.24) is 5.32 Å². The van der Waals surface area contributed by atoms with Crippen molar-refractivity contribution in [2.75, 3.05) is 13.2 Å². The molecule has 0 bridgehead atoms. The molecule has 0 aliphatic rings. The minimum Gasteiger partial charge on any atom is -0.466 e. The van der Waals surface area contributed by atoms with Gasteiger partial charge < -0.3 is 20.5 Å². The number of benzene rings is 1. The van der Waals surface area contributed by atoms with Gasteiger partial charge in [-0.3, -0.25) is 4.79 Å². The molecular weight excluding hydrogens is 308 g/mol. The highest BCUT2D eigenvalue weighted by Gasteiger charge is 2.16. The molecule has 1 unspecified atom stereocenters. The van der Waals surface area contributed by atoms with E-state index in [0.717, 1.165) is 11.1 Å². The molecule has 0 radical (unpaired) electrons. The van der Waals surface area contributed by atoms with Crippen LogP contribution < -0.4 is 11.1 Å². The first-order valence-corrected chi connectivity index (χ1v) is 8.18. The van der Waals surface area contributed by atoms with E-state index in [4.69, 9.17) is 15.2 Å². The van der Waals surface area contributed by atoms with Crippen LogP contribution in [0.4, 0.5) is 4.79 Å². The van der Waals surface area contributed by atoms with Gasteiger partial charge in [-0.1, -0.05) is 24.3 Å². The summed E-state index contributed by atoms with van der Waals surface area (Å²) in [6.45, 7) is 8.00. The van der Waals surface area contributed by atoms with Crippen molar-refractivity contribution in [2.45, 2.75) is 52.2 Å². The summed E-state index contributed by atoms with van der Waals surface area (Å²) in [6.07, 6.45) is 0.345. The number of hydrogen-bond acceptors (Lipinski definition) is 5. The quantitative estimate of drug-likeness (QED) is 0.747. The molecule has 1 rings (SSSR count). The number of nitrogens with two attached hydrogens (primary N) is 1. The molecule has 0 saturated carbocycles. The van der Waals surface area contributed by atoms with Gasteiger partial charge in [0.05, 0.1) is 13.0 Å². The fourth-order valence-corrected chi connectivity index (χ4v) is 2.12. The van der Waals surface area contributed by atoms with Crippen molar-refractivity contribution in [3.63, 3.8) is 0 Å². The maximum absolute atomic E-state index is 11.6. The van der Waals surface area contributed by atoms with Gasteiger partial charge in [-0.25, -0.2) is 4.79 Å². The topological polar surface area (TPSA) is 90.6 Å². The Kier molecular flexibility index (Phi) is 7.71. The molecule has 3 N–H and O–H groups in total. The highest BCUT2D eigenvalue weighted by molar-refractivity contribution is 5.72. The van der Waals surface area contributed by atoms with E-state index >= 15 is 0 Å². The Labute approximate surface area is 143 Å². The summed E-state index contributed by atoms with van der Waals surface area (Å²) in [5.74, 6) is -0.255. The van der Waals surface area contributed by atoms with E-state index in [9.17, 15) is 9.59 Å². The second-order valence-corrected chi connectivity index (χ2v) is 6.55. The first kappa shape index (κ1) is 20.0. The number of ether oxygens (including phenoxy) is 2. The Hall–Kier alpha value is -2.08. The van der Waals surface area contributed by atoms with Gasteiger partial charge in [-0.2, -0.15) is 0 Å². The zero-order valence-corrected chi connectivity index (χ0v) is 14.9. The molecule has 0 fully saturated rings. The molecule has 134 valence electrons. The van der Waals surface area contributed by atoms with Crippen molar-refractivity contribution < 1.29 is 19.1 Å². The second kappa shape index (κ2) is 9.27. The van der Waals surface area contributed by atoms with Gasteiger partial charge in [0.25, 0.3) is 0 Å². The van der Waals surface area contributed by atoms with Gasteiger partial charge in [0.2, 0.25) is 0 Å². The second-order valence-electron chi connectivity index (χ2n) is 6.55. The lowest BCUT2D eigenvalue weighted by Gasteiger charge is -2.20. The summed E-state index contributed by atoms with van der Waals surface area (Å²) in [7, 11) is 0. The average Bonchev–Trinajstić information content (AvgIpc) is 2.45. The lowest BCUT2D eigenvalue weighted by Crippen LogP contribution is -2.34. The molecule has 0 heterocycles. The molecule has 0 saturated heterocycles. The number of hydrogen-bond donors (Lipinski definition) is 2. The molecule has 0 aliphatic carbocycles. The van der Waals surface area contributed by atoms with E-state index in [1.807, 2.05) is 45.0 Å². The highest BCUT2D eigenvalue weighted by atomic mass is 16.6. The Morgan fingerprint density at radius 1 is 1.29 bits per heavy atom. The number of rotatable bonds is 7. The molecule has 0 aliphatic heterocycles. The van der Waals surface area contributed by atoms with E-state index in [1.54, 1.807) is 6.92 Å². The van der Waals surface area contributed by atoms with Crippen LogP contribution in [-0.2, 0) is 20.7 Å². The maximum atomic E-state index is 11.6. The molecule has 0 spiro atoms. The number of esters is 1. The normalized spacial score (nSPS) is 12.4. The number of nitrogens with one attached hydrogen (secondary N) is 1. The number of alkyl carbamates (subject to hydrolysis) is 1. The van der Waals surface area contributed by atoms with Crippen LogP contribution in [-0.4, -0.2) is 30.8 Å². The smallest absolute Gasteiger partial charge is 0.407 e. The largest absolute Gasteiger partial charge is 0.466 e. The number of carbonyl (C=O) groups excluding carboxylic acids is 2. The summed E-state index contributed by atoms with van der Waals surface area (Å²) in [4.78, 5) is 23.1. The van der Waals surface area contributed by atoms with Crippen LogP contribution in [0.5, 0.6) is 0 Å². The van der Waals surface area contributed by atoms with Gasteiger partial charge in [0, 0.05) is 12.6 Å². The third-order valence-electron chi connectivity index (χ3n) is 3.16. The van der Waals surface area contributed by atoms with Crippen molar-refractivity contribution >= 4 is 12.1 Å². The standard InChI is InChI=1S/C18H28N2O4/c1-5-23-16(21)12-13-7-6-8-14(11-13)15(19)9-10-20-17(22)24-18(2,3)4/h6-8,11,15H,5,9-10,12,19H2,1-4H3,(H,20,22). The van der Waals surface area contributed by atoms with E-state index in [-0.39, 0.29) is 18.4 Å². The van der Waals surface area contributed by atoms with Crippen LogP contribution >= 0.6 is 0 Å². The Morgan fingerprint density at radius 3 is 2.62 bits per heavy atom. The van der Waals surface area contributed by atoms with Crippen molar-refractivity contribution in [3.05, 3.63) is 35.4 Å². The third-order valence-corrected chi connectivity index (χ3v) is 3.16. The number of carbonyl (C=O) groups is 2. The SMILES string of the molecule is CCOC(=O)Cc1cccc(C(N)CCNC(=O)OC(C)(C)C)c1. The fourth-order valence-electron chi connectivity index (χ4n) is 2.12. The van der Waals surface area contributed by atoms with Crippen LogP contribution in [0.1, 0.15) is 51.3 Å². The molecule has 1 aromatic carbocycles. The zero-order chi connectivity index (χ0) is 18.2. The maximum Gasteiger partial charge on any atom is 0.407 e. The molecule has 1 aromatic rings. The molecule has 0 aromatic heterocycles. The molecule has 1 atom stereocenters. The van der Waals surface area contributed by atoms with Gasteiger partial charge in [-0.05, 0) is 45.2 Å². The van der Waals surface area contributed by atoms with Crippen LogP contribution in [0.25, 0.3) is 0 Å². The minimum atomic E-state index is -0.520. The predicted octanol–water partition coefficient (Wildman–Crippen LogP) is 2.71. The van der Waals surface area contributed by atoms with E-state index in [0.29, 0.717) is 19.6 Å². The third kappa shape index (κ3) is 7.97. The Bertz CT molecular complexity index is 552. The first-order valence-electron chi connectivity index (χ1n) is 8.18. The number of amides is 1. The molecule has 24 heavy (non-hydrogen) atoms. The van der Waals surface area contributed by atoms with Crippen LogP contribution in [0.3, 0.4) is 0 Å². The fraction of sp³-hybridized carbons (Fsp3) is 0.556. The van der Waals surface area contributed by atoms with Gasteiger partial charge in [0.15, 0.2) is 0 Å². The summed E-state index contributed by atoms with van der Waals surface area (Å²) >= 11 is 0. The van der Waals surface area contributed by atoms with Crippen LogP contribution in [0.2, 0.25) is 0 Å². The van der Waals surface area contributed by atoms with E-state index in [2.05, 4.69) is 5.32 Å². The molecule has 6 nitrogen and oxygen atoms in total. The van der Waals surface area contributed by atoms with Crippen molar-refractivity contribution in [1.29, 1.82) is 0 Å². The Balaban J connectivity index is 2.49. The monoisotopic (exact) mass is 336 g/mol. The van der Waals surface area contributed by atoms with Gasteiger partial charge in [0.1, 0.15) is 5.60 Å². The van der Waals surface area contributed by atoms with E-state index in [1.165, 1.54) is 0 Å². The van der Waals surface area contributed by atoms with E-state index < -0.39 is 11.7 Å². The van der Waals surface area contributed by atoms with Crippen LogP contribution in [0.15, 0.2) is 24.3 Å². The summed E-state index contributed by atoms with van der Waals surface area (Å²) in [6, 6.07) is 7.31. The molecular formula is C18H28N2O4. The molecule has 6 heteroatoms. The summed E-state index contributed by atoms with van der Waals surface area (Å²) in [5.41, 5.74) is 7.42. The van der Waals surface area contributed by atoms with Crippen LogP contribution in [0, 0.1) is 0 Å².